The first-order valence-electron chi connectivity index (χ1n) is 6.01. The number of nitrogens with zero attached hydrogens (tertiary/aromatic N) is 1. The molecule has 2 rings (SSSR count). The first-order valence-corrected chi connectivity index (χ1v) is 6.01. The summed E-state index contributed by atoms with van der Waals surface area (Å²) in [6.45, 7) is 2.38. The summed E-state index contributed by atoms with van der Waals surface area (Å²) in [5.74, 6) is -0.605. The van der Waals surface area contributed by atoms with Gasteiger partial charge in [-0.05, 0) is 19.5 Å². The number of ether oxygens (including phenoxy) is 1. The highest BCUT2D eigenvalue weighted by atomic mass is 16.5. The van der Waals surface area contributed by atoms with Crippen LogP contribution in [0.3, 0.4) is 0 Å². The molecule has 0 amide bonds. The molecule has 0 bridgehead atoms. The fraction of sp³-hybridized carbons (Fsp3) is 0.429. The number of carbonyl (C=O) groups is 2. The van der Waals surface area contributed by atoms with Crippen LogP contribution in [-0.2, 0) is 20.7 Å². The van der Waals surface area contributed by atoms with Gasteiger partial charge in [0.1, 0.15) is 6.61 Å². The molecule has 1 saturated heterocycles. The molecule has 1 heterocycles. The highest BCUT2D eigenvalue weighted by Gasteiger charge is 2.50. The third kappa shape index (κ3) is 2.04. The Morgan fingerprint density at radius 2 is 2.06 bits per heavy atom. The molecule has 1 aliphatic rings. The molecule has 18 heavy (non-hydrogen) atoms. The first kappa shape index (κ1) is 12.8. The number of benzene rings is 1. The van der Waals surface area contributed by atoms with Crippen molar-refractivity contribution >= 4 is 11.8 Å². The molecule has 0 spiro atoms. The fourth-order valence-electron chi connectivity index (χ4n) is 2.38. The van der Waals surface area contributed by atoms with Crippen LogP contribution in [0.1, 0.15) is 12.5 Å². The van der Waals surface area contributed by atoms with Crippen molar-refractivity contribution in [2.24, 2.45) is 0 Å². The van der Waals surface area contributed by atoms with Crippen LogP contribution in [0, 0.1) is 0 Å². The smallest absolute Gasteiger partial charge is 0.334 e. The first-order chi connectivity index (χ1) is 8.57. The summed E-state index contributed by atoms with van der Waals surface area (Å²) >= 11 is 0. The second-order valence-electron chi connectivity index (χ2n) is 4.64. The van der Waals surface area contributed by atoms with E-state index in [4.69, 9.17) is 4.74 Å². The minimum Gasteiger partial charge on any atom is -0.463 e. The number of cyclic esters (lactones) is 1. The van der Waals surface area contributed by atoms with E-state index in [1.54, 1.807) is 11.9 Å². The predicted octanol–water partition coefficient (Wildman–Crippen LogP) is 1.05. The molecular weight excluding hydrogens is 230 g/mol. The summed E-state index contributed by atoms with van der Waals surface area (Å²) in [7, 11) is 1.80. The van der Waals surface area contributed by atoms with Crippen LogP contribution in [0.25, 0.3) is 0 Å². The van der Waals surface area contributed by atoms with Gasteiger partial charge < -0.3 is 4.74 Å². The van der Waals surface area contributed by atoms with E-state index < -0.39 is 11.5 Å². The summed E-state index contributed by atoms with van der Waals surface area (Å²) in [5.41, 5.74) is -0.210. The van der Waals surface area contributed by atoms with E-state index in [9.17, 15) is 9.59 Å². The van der Waals surface area contributed by atoms with E-state index in [2.05, 4.69) is 0 Å². The van der Waals surface area contributed by atoms with Gasteiger partial charge in [-0.1, -0.05) is 30.3 Å². The number of esters is 1. The molecule has 0 saturated carbocycles. The number of hydrogen-bond acceptors (Lipinski definition) is 4. The molecule has 1 aromatic carbocycles. The normalized spacial score (nSPS) is 24.7. The van der Waals surface area contributed by atoms with Gasteiger partial charge in [-0.25, -0.2) is 4.79 Å². The largest absolute Gasteiger partial charge is 0.463 e. The van der Waals surface area contributed by atoms with Crippen LogP contribution in [0.2, 0.25) is 0 Å². The van der Waals surface area contributed by atoms with E-state index in [1.807, 2.05) is 30.3 Å². The van der Waals surface area contributed by atoms with Crippen LogP contribution in [0.15, 0.2) is 30.3 Å². The van der Waals surface area contributed by atoms with Gasteiger partial charge in [0, 0.05) is 13.0 Å². The van der Waals surface area contributed by atoms with E-state index in [0.717, 1.165) is 5.56 Å². The lowest BCUT2D eigenvalue weighted by molar-refractivity contribution is -0.170. The van der Waals surface area contributed by atoms with Crippen molar-refractivity contribution in [3.8, 4) is 0 Å². The molecule has 1 aliphatic heterocycles. The average molecular weight is 247 g/mol. The van der Waals surface area contributed by atoms with Crippen molar-refractivity contribution in [3.63, 3.8) is 0 Å². The van der Waals surface area contributed by atoms with Crippen LogP contribution < -0.4 is 0 Å². The fourth-order valence-corrected chi connectivity index (χ4v) is 2.38. The summed E-state index contributed by atoms with van der Waals surface area (Å²) in [6.07, 6.45) is 0.360. The third-order valence-electron chi connectivity index (χ3n) is 3.53. The molecule has 4 nitrogen and oxygen atoms in total. The summed E-state index contributed by atoms with van der Waals surface area (Å²) in [6, 6.07) is 9.54. The van der Waals surface area contributed by atoms with Gasteiger partial charge in [0.15, 0.2) is 11.3 Å². The number of carbonyl (C=O) groups excluding carboxylic acids is 2. The quantitative estimate of drug-likeness (QED) is 0.591. The highest BCUT2D eigenvalue weighted by Crippen LogP contribution is 2.26. The van der Waals surface area contributed by atoms with Crippen LogP contribution in [0.5, 0.6) is 0 Å². The highest BCUT2D eigenvalue weighted by molar-refractivity contribution is 6.08. The molecule has 1 unspecified atom stereocenters. The zero-order valence-electron chi connectivity index (χ0n) is 10.7. The van der Waals surface area contributed by atoms with Gasteiger partial charge >= 0.3 is 5.97 Å². The molecular formula is C14H17NO3. The topological polar surface area (TPSA) is 46.6 Å². The molecule has 1 atom stereocenters. The van der Waals surface area contributed by atoms with Gasteiger partial charge in [-0.3, -0.25) is 9.69 Å². The Kier molecular flexibility index (Phi) is 3.48. The minimum absolute atomic E-state index is 0.168. The number of Topliss-reactive ketones (excluding diaryl/α,β-unsaturated/α-hetero) is 1. The molecule has 1 aromatic rings. The summed E-state index contributed by atoms with van der Waals surface area (Å²) in [4.78, 5) is 25.9. The number of morpholine rings is 1. The molecule has 0 aromatic heterocycles. The lowest BCUT2D eigenvalue weighted by atomic mass is 9.85. The predicted molar refractivity (Wildman–Crippen MR) is 67.1 cm³/mol. The molecule has 0 aliphatic carbocycles. The Morgan fingerprint density at radius 1 is 1.39 bits per heavy atom. The Balaban J connectivity index is 2.37. The zero-order valence-corrected chi connectivity index (χ0v) is 10.7. The van der Waals surface area contributed by atoms with Gasteiger partial charge in [-0.2, -0.15) is 0 Å². The van der Waals surface area contributed by atoms with Crippen molar-refractivity contribution in [3.05, 3.63) is 35.9 Å². The summed E-state index contributed by atoms with van der Waals surface area (Å²) in [5, 5.41) is 0. The van der Waals surface area contributed by atoms with Crippen molar-refractivity contribution in [2.45, 2.75) is 18.9 Å². The van der Waals surface area contributed by atoms with Crippen LogP contribution in [-0.4, -0.2) is 42.4 Å². The van der Waals surface area contributed by atoms with Gasteiger partial charge in [0.25, 0.3) is 0 Å². The molecule has 4 heteroatoms. The maximum Gasteiger partial charge on any atom is 0.334 e. The van der Waals surface area contributed by atoms with Gasteiger partial charge in [-0.15, -0.1) is 0 Å². The Bertz CT molecular complexity index is 457. The maximum atomic E-state index is 12.1. The van der Waals surface area contributed by atoms with Crippen LogP contribution in [0.4, 0.5) is 0 Å². The van der Waals surface area contributed by atoms with Crippen LogP contribution >= 0.6 is 0 Å². The minimum atomic E-state index is -1.17. The standard InChI is InChI=1S/C14H17NO3/c1-11(16)14(10-12-6-4-3-5-7-12)13(17)18-9-8-15(14)2/h3-7H,8-10H2,1-2H3. The summed E-state index contributed by atoms with van der Waals surface area (Å²) < 4.78 is 5.10. The Hall–Kier alpha value is -1.68. The van der Waals surface area contributed by atoms with Crippen molar-refractivity contribution in [1.29, 1.82) is 0 Å². The number of hydrogen-bond donors (Lipinski definition) is 0. The number of likely N-dealkylation sites (N-methyl/N-ethyl adjacent to an activating group) is 1. The second-order valence-corrected chi connectivity index (χ2v) is 4.64. The zero-order chi connectivity index (χ0) is 13.2. The number of ketones is 1. The van der Waals surface area contributed by atoms with E-state index in [-0.39, 0.29) is 5.78 Å². The van der Waals surface area contributed by atoms with E-state index in [0.29, 0.717) is 19.6 Å². The molecule has 0 N–H and O–H groups in total. The monoisotopic (exact) mass is 247 g/mol. The van der Waals surface area contributed by atoms with Crippen molar-refractivity contribution in [2.75, 3.05) is 20.2 Å². The van der Waals surface area contributed by atoms with Crippen molar-refractivity contribution in [1.82, 2.24) is 4.90 Å². The van der Waals surface area contributed by atoms with E-state index >= 15 is 0 Å². The Labute approximate surface area is 107 Å². The van der Waals surface area contributed by atoms with E-state index in [1.165, 1.54) is 6.92 Å². The SMILES string of the molecule is CC(=O)C1(Cc2ccccc2)C(=O)OCCN1C. The molecule has 0 radical (unpaired) electrons. The maximum absolute atomic E-state index is 12.1. The average Bonchev–Trinajstić information content (AvgIpc) is 2.35. The number of rotatable bonds is 3. The lowest BCUT2D eigenvalue weighted by Crippen LogP contribution is -2.63. The van der Waals surface area contributed by atoms with Crippen molar-refractivity contribution < 1.29 is 14.3 Å². The second kappa shape index (κ2) is 4.90. The third-order valence-corrected chi connectivity index (χ3v) is 3.53. The van der Waals surface area contributed by atoms with Gasteiger partial charge in [0.2, 0.25) is 0 Å². The molecule has 1 fully saturated rings. The Morgan fingerprint density at radius 3 is 2.61 bits per heavy atom. The lowest BCUT2D eigenvalue weighted by Gasteiger charge is -2.41. The van der Waals surface area contributed by atoms with Gasteiger partial charge in [0.05, 0.1) is 0 Å². The molecule has 96 valence electrons.